The number of sulfone groups is 1. The van der Waals surface area contributed by atoms with Crippen LogP contribution in [0, 0.1) is 17.8 Å². The van der Waals surface area contributed by atoms with Crippen molar-refractivity contribution in [3.8, 4) is 0 Å². The second-order valence-corrected chi connectivity index (χ2v) is 11.4. The van der Waals surface area contributed by atoms with Crippen molar-refractivity contribution >= 4 is 15.7 Å². The van der Waals surface area contributed by atoms with Crippen molar-refractivity contribution in [2.45, 2.75) is 63.8 Å². The Hall–Kier alpha value is -0.620. The molecule has 0 N–H and O–H groups in total. The first kappa shape index (κ1) is 18.7. The molecule has 2 aliphatic heterocycles. The van der Waals surface area contributed by atoms with E-state index in [-0.39, 0.29) is 5.92 Å². The van der Waals surface area contributed by atoms with Gasteiger partial charge in [0.05, 0.1) is 11.5 Å². The van der Waals surface area contributed by atoms with Crippen LogP contribution in [-0.2, 0) is 14.6 Å². The van der Waals surface area contributed by atoms with Gasteiger partial charge in [-0.15, -0.1) is 0 Å². The zero-order valence-electron chi connectivity index (χ0n) is 15.9. The van der Waals surface area contributed by atoms with E-state index in [1.807, 2.05) is 0 Å². The number of amides is 1. The zero-order valence-corrected chi connectivity index (χ0v) is 16.8. The Morgan fingerprint density at radius 1 is 0.769 bits per heavy atom. The van der Waals surface area contributed by atoms with Crippen LogP contribution in [0.3, 0.4) is 0 Å². The molecule has 5 nitrogen and oxygen atoms in total. The van der Waals surface area contributed by atoms with E-state index < -0.39 is 9.84 Å². The number of carbonyl (C=O) groups excluding carboxylic acids is 1. The molecule has 2 aliphatic carbocycles. The van der Waals surface area contributed by atoms with Crippen molar-refractivity contribution < 1.29 is 13.2 Å². The fourth-order valence-electron chi connectivity index (χ4n) is 5.90. The van der Waals surface area contributed by atoms with E-state index in [9.17, 15) is 13.2 Å². The summed E-state index contributed by atoms with van der Waals surface area (Å²) in [4.78, 5) is 17.5. The Morgan fingerprint density at radius 2 is 1.42 bits per heavy atom. The quantitative estimate of drug-likeness (QED) is 0.735. The van der Waals surface area contributed by atoms with Crippen LogP contribution in [0.1, 0.15) is 57.8 Å². The van der Waals surface area contributed by atoms with Gasteiger partial charge in [-0.1, -0.05) is 25.7 Å². The smallest absolute Gasteiger partial charge is 0.225 e. The summed E-state index contributed by atoms with van der Waals surface area (Å²) < 4.78 is 23.2. The summed E-state index contributed by atoms with van der Waals surface area (Å²) in [7, 11) is -2.81. The summed E-state index contributed by atoms with van der Waals surface area (Å²) in [5.74, 6) is 2.99. The van der Waals surface area contributed by atoms with Crippen molar-refractivity contribution in [1.82, 2.24) is 9.80 Å². The highest BCUT2D eigenvalue weighted by molar-refractivity contribution is 7.91. The second-order valence-electron chi connectivity index (χ2n) is 9.06. The predicted molar refractivity (Wildman–Crippen MR) is 103 cm³/mol. The average molecular weight is 383 g/mol. The fraction of sp³-hybridized carbons (Fsp3) is 0.950. The number of piperidine rings is 1. The van der Waals surface area contributed by atoms with Crippen LogP contribution in [0.5, 0.6) is 0 Å². The molecule has 1 amide bonds. The minimum atomic E-state index is -2.81. The van der Waals surface area contributed by atoms with Gasteiger partial charge in [0.15, 0.2) is 9.84 Å². The number of hydrogen-bond donors (Lipinski definition) is 0. The highest BCUT2D eigenvalue weighted by Crippen LogP contribution is 2.43. The lowest BCUT2D eigenvalue weighted by atomic mass is 9.67. The van der Waals surface area contributed by atoms with Gasteiger partial charge >= 0.3 is 0 Å². The SMILES string of the molecule is O=C(C1CCC2CCCCC2C1)N1CCC(N2CCS(=O)(=O)CC2)CC1. The molecule has 0 aromatic rings. The van der Waals surface area contributed by atoms with Crippen LogP contribution in [0.2, 0.25) is 0 Å². The van der Waals surface area contributed by atoms with Gasteiger partial charge in [0.1, 0.15) is 0 Å². The van der Waals surface area contributed by atoms with Crippen molar-refractivity contribution in [3.63, 3.8) is 0 Å². The van der Waals surface area contributed by atoms with Gasteiger partial charge in [-0.05, 0) is 43.9 Å². The van der Waals surface area contributed by atoms with E-state index in [1.165, 1.54) is 32.1 Å². The molecule has 26 heavy (non-hydrogen) atoms. The number of fused-ring (bicyclic) bond motifs is 1. The third-order valence-electron chi connectivity index (χ3n) is 7.56. The molecular weight excluding hydrogens is 348 g/mol. The number of hydrogen-bond acceptors (Lipinski definition) is 4. The van der Waals surface area contributed by atoms with Gasteiger partial charge in [0, 0.05) is 38.1 Å². The molecule has 4 rings (SSSR count). The van der Waals surface area contributed by atoms with Crippen LogP contribution in [-0.4, -0.2) is 67.9 Å². The maximum absolute atomic E-state index is 13.0. The van der Waals surface area contributed by atoms with Crippen LogP contribution < -0.4 is 0 Å². The lowest BCUT2D eigenvalue weighted by Gasteiger charge is -2.43. The van der Waals surface area contributed by atoms with Crippen LogP contribution >= 0.6 is 0 Å². The second kappa shape index (κ2) is 7.78. The van der Waals surface area contributed by atoms with Crippen LogP contribution in [0.4, 0.5) is 0 Å². The summed E-state index contributed by atoms with van der Waals surface area (Å²) >= 11 is 0. The van der Waals surface area contributed by atoms with Crippen LogP contribution in [0.25, 0.3) is 0 Å². The Labute approximate surface area is 158 Å². The van der Waals surface area contributed by atoms with Crippen molar-refractivity contribution in [2.75, 3.05) is 37.7 Å². The van der Waals surface area contributed by atoms with E-state index in [2.05, 4.69) is 9.80 Å². The van der Waals surface area contributed by atoms with Crippen molar-refractivity contribution in [2.24, 2.45) is 17.8 Å². The van der Waals surface area contributed by atoms with E-state index in [0.717, 1.165) is 50.6 Å². The minimum Gasteiger partial charge on any atom is -0.342 e. The van der Waals surface area contributed by atoms with E-state index in [0.29, 0.717) is 36.5 Å². The topological polar surface area (TPSA) is 57.7 Å². The fourth-order valence-corrected chi connectivity index (χ4v) is 7.13. The van der Waals surface area contributed by atoms with Gasteiger partial charge in [0.2, 0.25) is 5.91 Å². The van der Waals surface area contributed by atoms with Gasteiger partial charge in [-0.25, -0.2) is 8.42 Å². The molecule has 0 aromatic heterocycles. The molecule has 0 radical (unpaired) electrons. The van der Waals surface area contributed by atoms with Gasteiger partial charge in [-0.2, -0.15) is 0 Å². The van der Waals surface area contributed by atoms with Crippen molar-refractivity contribution in [3.05, 3.63) is 0 Å². The molecule has 2 heterocycles. The highest BCUT2D eigenvalue weighted by Gasteiger charge is 2.38. The highest BCUT2D eigenvalue weighted by atomic mass is 32.2. The lowest BCUT2D eigenvalue weighted by Crippen LogP contribution is -2.52. The van der Waals surface area contributed by atoms with Gasteiger partial charge < -0.3 is 4.90 Å². The lowest BCUT2D eigenvalue weighted by molar-refractivity contribution is -0.139. The molecule has 3 atom stereocenters. The third kappa shape index (κ3) is 4.11. The molecule has 0 aromatic carbocycles. The number of carbonyl (C=O) groups is 1. The molecule has 0 spiro atoms. The summed E-state index contributed by atoms with van der Waals surface area (Å²) in [5.41, 5.74) is 0. The van der Waals surface area contributed by atoms with E-state index in [4.69, 9.17) is 0 Å². The average Bonchev–Trinajstić information content (AvgIpc) is 2.67. The summed E-state index contributed by atoms with van der Waals surface area (Å²) in [5, 5.41) is 0. The van der Waals surface area contributed by atoms with Crippen molar-refractivity contribution in [1.29, 1.82) is 0 Å². The number of likely N-dealkylation sites (tertiary alicyclic amines) is 1. The van der Waals surface area contributed by atoms with E-state index >= 15 is 0 Å². The minimum absolute atomic E-state index is 0.269. The predicted octanol–water partition coefficient (Wildman–Crippen LogP) is 2.31. The first-order valence-corrected chi connectivity index (χ1v) is 12.6. The molecule has 4 aliphatic rings. The molecule has 0 bridgehead atoms. The summed E-state index contributed by atoms with van der Waals surface area (Å²) in [6.45, 7) is 3.06. The molecular formula is C20H34N2O3S. The van der Waals surface area contributed by atoms with E-state index in [1.54, 1.807) is 0 Å². The Balaban J connectivity index is 1.26. The summed E-state index contributed by atoms with van der Waals surface area (Å²) in [6.07, 6.45) is 11.0. The number of rotatable bonds is 2. The molecule has 6 heteroatoms. The number of nitrogens with zero attached hydrogens (tertiary/aromatic N) is 2. The van der Waals surface area contributed by atoms with Gasteiger partial charge in [-0.3, -0.25) is 9.69 Å². The molecule has 2 saturated heterocycles. The monoisotopic (exact) mass is 382 g/mol. The maximum Gasteiger partial charge on any atom is 0.225 e. The zero-order chi connectivity index (χ0) is 18.1. The summed E-state index contributed by atoms with van der Waals surface area (Å²) in [6, 6.07) is 0.462. The molecule has 148 valence electrons. The largest absolute Gasteiger partial charge is 0.342 e. The van der Waals surface area contributed by atoms with Crippen LogP contribution in [0.15, 0.2) is 0 Å². The Morgan fingerprint density at radius 3 is 2.12 bits per heavy atom. The first-order chi connectivity index (χ1) is 12.5. The molecule has 4 fully saturated rings. The molecule has 3 unspecified atom stereocenters. The standard InChI is InChI=1S/C20H34N2O3S/c23-20(18-6-5-16-3-1-2-4-17(16)15-18)22-9-7-19(8-10-22)21-11-13-26(24,25)14-12-21/h16-19H,1-15H2. The normalized spacial score (nSPS) is 36.5. The maximum atomic E-state index is 13.0. The Bertz CT molecular complexity index is 599. The van der Waals surface area contributed by atoms with Gasteiger partial charge in [0.25, 0.3) is 0 Å². The first-order valence-electron chi connectivity index (χ1n) is 10.7. The third-order valence-corrected chi connectivity index (χ3v) is 9.17. The molecule has 2 saturated carbocycles. The Kier molecular flexibility index (Phi) is 5.61.